The summed E-state index contributed by atoms with van der Waals surface area (Å²) in [6.07, 6.45) is -0.550. The van der Waals surface area contributed by atoms with Crippen LogP contribution in [-0.4, -0.2) is 43.2 Å². The van der Waals surface area contributed by atoms with E-state index in [-0.39, 0.29) is 17.9 Å². The maximum atomic E-state index is 12.8. The van der Waals surface area contributed by atoms with Gasteiger partial charge in [-0.2, -0.15) is 0 Å². The van der Waals surface area contributed by atoms with E-state index in [1.54, 1.807) is 26.0 Å². The number of aryl methyl sites for hydroxylation is 1. The minimum Gasteiger partial charge on any atom is -0.462 e. The van der Waals surface area contributed by atoms with Crippen LogP contribution in [0.15, 0.2) is 29.2 Å². The van der Waals surface area contributed by atoms with Crippen LogP contribution < -0.4 is 0 Å². The highest BCUT2D eigenvalue weighted by atomic mass is 32.2. The molecule has 0 spiro atoms. The zero-order valence-electron chi connectivity index (χ0n) is 12.8. The monoisotopic (exact) mass is 328 g/mol. The second-order valence-corrected chi connectivity index (χ2v) is 7.56. The van der Waals surface area contributed by atoms with Crippen LogP contribution in [-0.2, 0) is 24.1 Å². The highest BCUT2D eigenvalue weighted by molar-refractivity contribution is 7.92. The van der Waals surface area contributed by atoms with Crippen LogP contribution in [0.2, 0.25) is 0 Å². The van der Waals surface area contributed by atoms with Crippen molar-refractivity contribution in [1.82, 2.24) is 0 Å². The fourth-order valence-electron chi connectivity index (χ4n) is 2.54. The second-order valence-electron chi connectivity index (χ2n) is 5.43. The van der Waals surface area contributed by atoms with Crippen molar-refractivity contribution in [2.75, 3.05) is 6.61 Å². The van der Waals surface area contributed by atoms with Crippen LogP contribution in [0.4, 0.5) is 0 Å². The molecule has 0 radical (unpaired) electrons. The van der Waals surface area contributed by atoms with E-state index >= 15 is 0 Å². The summed E-state index contributed by atoms with van der Waals surface area (Å²) < 4.78 is 35.5. The van der Waals surface area contributed by atoms with Gasteiger partial charge in [0.25, 0.3) is 5.79 Å². The van der Waals surface area contributed by atoms with Crippen LogP contribution in [0.3, 0.4) is 0 Å². The van der Waals surface area contributed by atoms with Gasteiger partial charge in [0.1, 0.15) is 5.25 Å². The minimum atomic E-state index is -3.94. The van der Waals surface area contributed by atoms with Crippen molar-refractivity contribution >= 4 is 15.8 Å². The number of ether oxygens (including phenoxy) is 2. The maximum Gasteiger partial charge on any atom is 0.368 e. The van der Waals surface area contributed by atoms with E-state index in [2.05, 4.69) is 0 Å². The lowest BCUT2D eigenvalue weighted by Gasteiger charge is -2.26. The highest BCUT2D eigenvalue weighted by Gasteiger charge is 2.59. The maximum absolute atomic E-state index is 12.8. The fraction of sp³-hybridized carbons (Fsp3) is 0.533. The third-order valence-electron chi connectivity index (χ3n) is 3.66. The van der Waals surface area contributed by atoms with Crippen molar-refractivity contribution in [2.45, 2.75) is 49.2 Å². The molecule has 1 saturated heterocycles. The molecule has 1 aromatic rings. The molecule has 122 valence electrons. The first-order chi connectivity index (χ1) is 10.2. The quantitative estimate of drug-likeness (QED) is 0.835. The van der Waals surface area contributed by atoms with E-state index in [9.17, 15) is 18.3 Å². The Morgan fingerprint density at radius 3 is 2.55 bits per heavy atom. The van der Waals surface area contributed by atoms with E-state index in [4.69, 9.17) is 9.47 Å². The van der Waals surface area contributed by atoms with Crippen LogP contribution in [0.1, 0.15) is 25.8 Å². The number of carbonyl (C=O) groups is 1. The number of sulfone groups is 1. The number of hydrogen-bond donors (Lipinski definition) is 1. The first-order valence-electron chi connectivity index (χ1n) is 7.09. The Labute approximate surface area is 130 Å². The summed E-state index contributed by atoms with van der Waals surface area (Å²) >= 11 is 0. The molecule has 1 N–H and O–H groups in total. The molecule has 2 rings (SSSR count). The molecule has 1 fully saturated rings. The lowest BCUT2D eigenvalue weighted by atomic mass is 10.1. The van der Waals surface area contributed by atoms with E-state index in [1.807, 2.05) is 6.92 Å². The van der Waals surface area contributed by atoms with Crippen molar-refractivity contribution in [3.8, 4) is 0 Å². The Morgan fingerprint density at radius 2 is 2.00 bits per heavy atom. The fourth-order valence-corrected chi connectivity index (χ4v) is 4.48. The number of aliphatic hydroxyl groups is 1. The van der Waals surface area contributed by atoms with E-state index < -0.39 is 32.9 Å². The molecule has 0 bridgehead atoms. The number of carbonyl (C=O) groups excluding carboxylic acids is 1. The summed E-state index contributed by atoms with van der Waals surface area (Å²) in [6, 6.07) is 6.24. The van der Waals surface area contributed by atoms with Gasteiger partial charge in [0, 0.05) is 0 Å². The average molecular weight is 328 g/mol. The average Bonchev–Trinajstić information content (AvgIpc) is 2.77. The molecule has 0 aliphatic carbocycles. The Morgan fingerprint density at radius 1 is 1.41 bits per heavy atom. The molecule has 1 heterocycles. The van der Waals surface area contributed by atoms with Gasteiger partial charge in [-0.25, -0.2) is 13.2 Å². The number of rotatable bonds is 4. The van der Waals surface area contributed by atoms with Crippen molar-refractivity contribution in [3.05, 3.63) is 29.8 Å². The summed E-state index contributed by atoms with van der Waals surface area (Å²) in [7, 11) is -3.94. The first-order valence-corrected chi connectivity index (χ1v) is 8.64. The van der Waals surface area contributed by atoms with Gasteiger partial charge >= 0.3 is 5.97 Å². The van der Waals surface area contributed by atoms with E-state index in [0.717, 1.165) is 5.56 Å². The van der Waals surface area contributed by atoms with Crippen molar-refractivity contribution < 1.29 is 27.8 Å². The number of hydrogen-bond acceptors (Lipinski definition) is 6. The van der Waals surface area contributed by atoms with Gasteiger partial charge in [-0.05, 0) is 39.3 Å². The van der Waals surface area contributed by atoms with Gasteiger partial charge in [-0.15, -0.1) is 0 Å². The van der Waals surface area contributed by atoms with Gasteiger partial charge in [0.2, 0.25) is 0 Å². The third kappa shape index (κ3) is 2.88. The summed E-state index contributed by atoms with van der Waals surface area (Å²) in [4.78, 5) is 12.0. The van der Waals surface area contributed by atoms with Gasteiger partial charge in [-0.1, -0.05) is 17.7 Å². The smallest absolute Gasteiger partial charge is 0.368 e. The van der Waals surface area contributed by atoms with Crippen molar-refractivity contribution in [1.29, 1.82) is 0 Å². The zero-order chi connectivity index (χ0) is 16.5. The molecule has 1 aliphatic heterocycles. The molecular formula is C15H20O6S. The molecule has 7 heteroatoms. The standard InChI is InChI=1S/C15H20O6S/c1-4-20-14(16)15(17)13(9-11(3)21-15)22(18,19)12-7-5-10(2)6-8-12/h5-8,11,13,17H,4,9H2,1-3H3/t11-,13?,15?/m0/s1. The number of esters is 1. The topological polar surface area (TPSA) is 89.9 Å². The molecule has 0 aromatic heterocycles. The van der Waals surface area contributed by atoms with Crippen LogP contribution in [0, 0.1) is 6.92 Å². The predicted molar refractivity (Wildman–Crippen MR) is 78.9 cm³/mol. The molecule has 1 aliphatic rings. The predicted octanol–water partition coefficient (Wildman–Crippen LogP) is 1.20. The minimum absolute atomic E-state index is 0.0194. The lowest BCUT2D eigenvalue weighted by molar-refractivity contribution is -0.219. The Balaban J connectivity index is 2.43. The Kier molecular flexibility index (Phi) is 4.60. The van der Waals surface area contributed by atoms with Crippen LogP contribution in [0.25, 0.3) is 0 Å². The van der Waals surface area contributed by atoms with E-state index in [1.165, 1.54) is 12.1 Å². The van der Waals surface area contributed by atoms with Gasteiger partial charge in [0.05, 0.1) is 17.6 Å². The van der Waals surface area contributed by atoms with Gasteiger partial charge in [-0.3, -0.25) is 0 Å². The lowest BCUT2D eigenvalue weighted by Crippen LogP contribution is -2.51. The molecule has 1 aromatic carbocycles. The SMILES string of the molecule is CCOC(=O)C1(O)O[C@@H](C)CC1S(=O)(=O)c1ccc(C)cc1. The second kappa shape index (κ2) is 5.98. The first kappa shape index (κ1) is 16.9. The van der Waals surface area contributed by atoms with E-state index in [0.29, 0.717) is 0 Å². The molecule has 0 amide bonds. The third-order valence-corrected chi connectivity index (χ3v) is 5.85. The van der Waals surface area contributed by atoms with Crippen molar-refractivity contribution in [2.24, 2.45) is 0 Å². The summed E-state index contributed by atoms with van der Waals surface area (Å²) in [5.74, 6) is -3.54. The largest absolute Gasteiger partial charge is 0.462 e. The van der Waals surface area contributed by atoms with Gasteiger partial charge < -0.3 is 14.6 Å². The Bertz CT molecular complexity index is 651. The van der Waals surface area contributed by atoms with Crippen LogP contribution in [0.5, 0.6) is 0 Å². The molecule has 2 unspecified atom stereocenters. The summed E-state index contributed by atoms with van der Waals surface area (Å²) in [5.41, 5.74) is 0.913. The normalized spacial score (nSPS) is 28.5. The zero-order valence-corrected chi connectivity index (χ0v) is 13.6. The summed E-state index contributed by atoms with van der Waals surface area (Å²) in [5, 5.41) is 9.10. The molecule has 22 heavy (non-hydrogen) atoms. The highest BCUT2D eigenvalue weighted by Crippen LogP contribution is 2.37. The van der Waals surface area contributed by atoms with Gasteiger partial charge in [0.15, 0.2) is 9.84 Å². The van der Waals surface area contributed by atoms with Crippen molar-refractivity contribution in [3.63, 3.8) is 0 Å². The van der Waals surface area contributed by atoms with Crippen LogP contribution >= 0.6 is 0 Å². The molecule has 3 atom stereocenters. The molecule has 0 saturated carbocycles. The number of benzene rings is 1. The molecular weight excluding hydrogens is 308 g/mol. The Hall–Kier alpha value is -1.44. The molecule has 6 nitrogen and oxygen atoms in total. The summed E-state index contributed by atoms with van der Waals surface area (Å²) in [6.45, 7) is 5.04.